The van der Waals surface area contributed by atoms with Crippen molar-refractivity contribution in [3.8, 4) is 0 Å². The van der Waals surface area contributed by atoms with E-state index in [-0.39, 0.29) is 6.42 Å². The number of aliphatic hydroxyl groups is 2. The summed E-state index contributed by atoms with van der Waals surface area (Å²) in [7, 11) is -4.45. The molecule has 7 nitrogen and oxygen atoms in total. The highest BCUT2D eigenvalue weighted by atomic mass is 32.2. The Morgan fingerprint density at radius 3 is 1.38 bits per heavy atom. The summed E-state index contributed by atoms with van der Waals surface area (Å²) in [5, 5.41) is 23.2. The van der Waals surface area contributed by atoms with Crippen LogP contribution in [0.1, 0.15) is 181 Å². The standard InChI is InChI=1S/C39H73NO6S/c1-3-5-7-9-11-13-15-16-17-18-19-20-21-22-23-24-26-28-30-32-34-38(42)39(43)40-36(35-47(44,45)46)37(41)33-31-29-27-25-14-12-10-8-6-4-2/h6,8,14,25,31,33,36-38,41-42H,3-5,7,9-13,15-24,26-30,32,34-35H2,1-2H3,(H,40,43)(H,44,45,46)/b8-6+,25-14+,33-31+. The maximum Gasteiger partial charge on any atom is 0.267 e. The summed E-state index contributed by atoms with van der Waals surface area (Å²) in [5.74, 6) is -1.56. The Morgan fingerprint density at radius 1 is 0.596 bits per heavy atom. The van der Waals surface area contributed by atoms with Crippen LogP contribution in [0.25, 0.3) is 0 Å². The molecule has 0 saturated carbocycles. The number of hydrogen-bond donors (Lipinski definition) is 4. The average molecular weight is 684 g/mol. The lowest BCUT2D eigenvalue weighted by Crippen LogP contribution is -2.50. The SMILES string of the molecule is CC/C=C/CC/C=C/CC/C=C/C(O)C(CS(=O)(=O)O)NC(=O)C(O)CCCCCCCCCCCCCCCCCCCCCC. The molecule has 4 N–H and O–H groups in total. The van der Waals surface area contributed by atoms with Gasteiger partial charge in [0.05, 0.1) is 17.9 Å². The lowest BCUT2D eigenvalue weighted by molar-refractivity contribution is -0.130. The fraction of sp³-hybridized carbons (Fsp3) is 0.821. The van der Waals surface area contributed by atoms with Gasteiger partial charge in [-0.2, -0.15) is 8.42 Å². The Hall–Kier alpha value is -1.48. The Balaban J connectivity index is 3.98. The van der Waals surface area contributed by atoms with E-state index >= 15 is 0 Å². The van der Waals surface area contributed by atoms with E-state index < -0.39 is 40.0 Å². The van der Waals surface area contributed by atoms with E-state index in [1.165, 1.54) is 109 Å². The zero-order valence-corrected chi connectivity index (χ0v) is 31.1. The molecule has 0 bridgehead atoms. The number of amides is 1. The van der Waals surface area contributed by atoms with Crippen LogP contribution in [0.15, 0.2) is 36.5 Å². The van der Waals surface area contributed by atoms with Gasteiger partial charge >= 0.3 is 0 Å². The molecule has 8 heteroatoms. The summed E-state index contributed by atoms with van der Waals surface area (Å²) in [5.41, 5.74) is 0. The second-order valence-electron chi connectivity index (χ2n) is 13.3. The van der Waals surface area contributed by atoms with Crippen molar-refractivity contribution in [2.24, 2.45) is 0 Å². The van der Waals surface area contributed by atoms with Crippen LogP contribution in [0, 0.1) is 0 Å². The molecule has 0 aliphatic carbocycles. The molecule has 1 amide bonds. The van der Waals surface area contributed by atoms with Gasteiger partial charge in [-0.25, -0.2) is 0 Å². The van der Waals surface area contributed by atoms with E-state index in [0.717, 1.165) is 44.9 Å². The minimum atomic E-state index is -4.45. The predicted molar refractivity (Wildman–Crippen MR) is 199 cm³/mol. The van der Waals surface area contributed by atoms with Crippen molar-refractivity contribution in [1.29, 1.82) is 0 Å². The van der Waals surface area contributed by atoms with Crippen molar-refractivity contribution in [2.45, 2.75) is 199 Å². The van der Waals surface area contributed by atoms with Crippen molar-refractivity contribution in [3.63, 3.8) is 0 Å². The highest BCUT2D eigenvalue weighted by molar-refractivity contribution is 7.85. The molecule has 0 rings (SSSR count). The maximum absolute atomic E-state index is 12.5. The van der Waals surface area contributed by atoms with Gasteiger partial charge in [-0.3, -0.25) is 9.35 Å². The number of rotatable bonds is 34. The van der Waals surface area contributed by atoms with E-state index in [1.54, 1.807) is 6.08 Å². The van der Waals surface area contributed by atoms with Gasteiger partial charge in [0.1, 0.15) is 6.10 Å². The fourth-order valence-electron chi connectivity index (χ4n) is 5.73. The van der Waals surface area contributed by atoms with E-state index in [9.17, 15) is 28.0 Å². The van der Waals surface area contributed by atoms with Crippen LogP contribution in [0.4, 0.5) is 0 Å². The summed E-state index contributed by atoms with van der Waals surface area (Å²) in [6.07, 6.45) is 39.4. The molecule has 3 unspecified atom stereocenters. The number of unbranched alkanes of at least 4 members (excludes halogenated alkanes) is 21. The number of allylic oxidation sites excluding steroid dienone is 5. The summed E-state index contributed by atoms with van der Waals surface area (Å²) < 4.78 is 32.3. The highest BCUT2D eigenvalue weighted by Crippen LogP contribution is 2.15. The topological polar surface area (TPSA) is 124 Å². The van der Waals surface area contributed by atoms with Crippen LogP contribution in [0.5, 0.6) is 0 Å². The average Bonchev–Trinajstić information content (AvgIpc) is 3.03. The smallest absolute Gasteiger partial charge is 0.267 e. The minimum Gasteiger partial charge on any atom is -0.387 e. The van der Waals surface area contributed by atoms with Crippen LogP contribution in [-0.2, 0) is 14.9 Å². The maximum atomic E-state index is 12.5. The molecule has 0 heterocycles. The number of nitrogens with one attached hydrogen (secondary N) is 1. The number of carbonyl (C=O) groups excluding carboxylic acids is 1. The molecule has 0 aromatic rings. The van der Waals surface area contributed by atoms with Gasteiger partial charge in [-0.05, 0) is 38.5 Å². The zero-order valence-electron chi connectivity index (χ0n) is 30.3. The van der Waals surface area contributed by atoms with Gasteiger partial charge < -0.3 is 15.5 Å². The number of carbonyl (C=O) groups is 1. The monoisotopic (exact) mass is 684 g/mol. The summed E-state index contributed by atoms with van der Waals surface area (Å²) >= 11 is 0. The van der Waals surface area contributed by atoms with Crippen molar-refractivity contribution >= 4 is 16.0 Å². The lowest BCUT2D eigenvalue weighted by atomic mass is 10.0. The zero-order chi connectivity index (χ0) is 34.9. The van der Waals surface area contributed by atoms with Gasteiger partial charge in [0.2, 0.25) is 5.91 Å². The third-order valence-corrected chi connectivity index (χ3v) is 9.45. The predicted octanol–water partition coefficient (Wildman–Crippen LogP) is 9.93. The molecule has 0 radical (unpaired) electrons. The van der Waals surface area contributed by atoms with E-state index in [0.29, 0.717) is 12.8 Å². The molecule has 0 aromatic heterocycles. The normalized spacial score (nSPS) is 14.4. The van der Waals surface area contributed by atoms with Crippen LogP contribution in [0.3, 0.4) is 0 Å². The fourth-order valence-corrected chi connectivity index (χ4v) is 6.46. The molecule has 0 spiro atoms. The van der Waals surface area contributed by atoms with Crippen molar-refractivity contribution in [1.82, 2.24) is 5.32 Å². The van der Waals surface area contributed by atoms with Gasteiger partial charge in [0.15, 0.2) is 0 Å². The first-order chi connectivity index (χ1) is 22.7. The molecule has 0 saturated heterocycles. The molecule has 0 fully saturated rings. The largest absolute Gasteiger partial charge is 0.387 e. The summed E-state index contributed by atoms with van der Waals surface area (Å²) in [6.45, 7) is 4.37. The van der Waals surface area contributed by atoms with Crippen molar-refractivity contribution in [2.75, 3.05) is 5.75 Å². The van der Waals surface area contributed by atoms with Crippen molar-refractivity contribution < 1.29 is 28.0 Å². The van der Waals surface area contributed by atoms with Gasteiger partial charge in [0.25, 0.3) is 10.1 Å². The van der Waals surface area contributed by atoms with Crippen LogP contribution >= 0.6 is 0 Å². The minimum absolute atomic E-state index is 0.274. The molecular formula is C39H73NO6S. The Morgan fingerprint density at radius 2 is 0.979 bits per heavy atom. The number of hydrogen-bond acceptors (Lipinski definition) is 5. The molecule has 276 valence electrons. The van der Waals surface area contributed by atoms with E-state index in [4.69, 9.17) is 0 Å². The first-order valence-corrected chi connectivity index (χ1v) is 20.9. The quantitative estimate of drug-likeness (QED) is 0.0304. The summed E-state index contributed by atoms with van der Waals surface area (Å²) in [4.78, 5) is 12.5. The second kappa shape index (κ2) is 33.0. The molecule has 0 aromatic carbocycles. The third kappa shape index (κ3) is 32.8. The van der Waals surface area contributed by atoms with Gasteiger partial charge in [-0.15, -0.1) is 0 Å². The van der Waals surface area contributed by atoms with E-state index in [1.807, 2.05) is 0 Å². The Kier molecular flexibility index (Phi) is 32.0. The highest BCUT2D eigenvalue weighted by Gasteiger charge is 2.27. The Bertz CT molecular complexity index is 901. The molecular weight excluding hydrogens is 610 g/mol. The molecule has 0 aliphatic heterocycles. The molecule has 0 aliphatic rings. The molecule has 47 heavy (non-hydrogen) atoms. The lowest BCUT2D eigenvalue weighted by Gasteiger charge is -2.22. The number of aliphatic hydroxyl groups excluding tert-OH is 2. The van der Waals surface area contributed by atoms with Gasteiger partial charge in [0, 0.05) is 0 Å². The van der Waals surface area contributed by atoms with Crippen LogP contribution in [-0.4, -0.2) is 53.1 Å². The van der Waals surface area contributed by atoms with Crippen LogP contribution < -0.4 is 5.32 Å². The van der Waals surface area contributed by atoms with Gasteiger partial charge in [-0.1, -0.05) is 179 Å². The third-order valence-electron chi connectivity index (χ3n) is 8.67. The second-order valence-corrected chi connectivity index (χ2v) is 14.8. The first kappa shape index (κ1) is 45.5. The molecule has 3 atom stereocenters. The summed E-state index contributed by atoms with van der Waals surface area (Å²) in [6, 6.07) is -1.25. The Labute approximate surface area is 289 Å². The van der Waals surface area contributed by atoms with Crippen LogP contribution in [0.2, 0.25) is 0 Å². The first-order valence-electron chi connectivity index (χ1n) is 19.3. The van der Waals surface area contributed by atoms with E-state index in [2.05, 4.69) is 43.5 Å². The van der Waals surface area contributed by atoms with Crippen molar-refractivity contribution in [3.05, 3.63) is 36.5 Å².